The SMILES string of the molecule is COC(=O)C1(NC(=O)c2cnc(Oc3ccc4c(c3)CCC(c3ccccc3)O4)s2)CCCC1. The Labute approximate surface area is 202 Å². The summed E-state index contributed by atoms with van der Waals surface area (Å²) in [5.41, 5.74) is 1.31. The van der Waals surface area contributed by atoms with Gasteiger partial charge in [0, 0.05) is 0 Å². The number of carbonyl (C=O) groups is 2. The molecule has 2 heterocycles. The van der Waals surface area contributed by atoms with E-state index in [1.165, 1.54) is 18.9 Å². The van der Waals surface area contributed by atoms with Crippen molar-refractivity contribution in [2.45, 2.75) is 50.2 Å². The van der Waals surface area contributed by atoms with Gasteiger partial charge in [-0.25, -0.2) is 9.78 Å². The first-order chi connectivity index (χ1) is 16.6. The zero-order valence-electron chi connectivity index (χ0n) is 18.9. The lowest BCUT2D eigenvalue weighted by molar-refractivity contribution is -0.148. The highest BCUT2D eigenvalue weighted by Crippen LogP contribution is 2.38. The molecule has 34 heavy (non-hydrogen) atoms. The van der Waals surface area contributed by atoms with Crippen molar-refractivity contribution in [2.24, 2.45) is 0 Å². The van der Waals surface area contributed by atoms with Crippen LogP contribution in [-0.4, -0.2) is 29.5 Å². The standard InChI is InChI=1S/C26H26N2O5S/c1-31-24(30)26(13-5-6-14-26)28-23(29)22-16-27-25(34-22)32-19-10-12-21-18(15-19)9-11-20(33-21)17-7-3-2-4-8-17/h2-4,7-8,10,12,15-16,20H,5-6,9,11,13-14H2,1H3,(H,28,29). The highest BCUT2D eigenvalue weighted by atomic mass is 32.1. The summed E-state index contributed by atoms with van der Waals surface area (Å²) in [6.07, 6.45) is 6.21. The second-order valence-corrected chi connectivity index (χ2v) is 9.65. The van der Waals surface area contributed by atoms with E-state index in [1.807, 2.05) is 36.4 Å². The minimum absolute atomic E-state index is 0.0497. The number of methoxy groups -OCH3 is 1. The average Bonchev–Trinajstić information content (AvgIpc) is 3.54. The second-order valence-electron chi connectivity index (χ2n) is 8.65. The zero-order chi connectivity index (χ0) is 23.5. The Kier molecular flexibility index (Phi) is 6.24. The molecular weight excluding hydrogens is 452 g/mol. The topological polar surface area (TPSA) is 86.8 Å². The first kappa shape index (κ1) is 22.4. The van der Waals surface area contributed by atoms with Crippen molar-refractivity contribution in [1.82, 2.24) is 10.3 Å². The number of hydrogen-bond acceptors (Lipinski definition) is 7. The van der Waals surface area contributed by atoms with Crippen molar-refractivity contribution in [1.29, 1.82) is 0 Å². The van der Waals surface area contributed by atoms with Gasteiger partial charge in [0.1, 0.15) is 28.0 Å². The van der Waals surface area contributed by atoms with Crippen LogP contribution in [0, 0.1) is 0 Å². The van der Waals surface area contributed by atoms with Gasteiger partial charge in [0.05, 0.1) is 13.3 Å². The quantitative estimate of drug-likeness (QED) is 0.489. The van der Waals surface area contributed by atoms with E-state index in [4.69, 9.17) is 14.2 Å². The summed E-state index contributed by atoms with van der Waals surface area (Å²) in [5, 5.41) is 3.24. The maximum atomic E-state index is 12.8. The molecular formula is C26H26N2O5S. The Morgan fingerprint density at radius 3 is 2.71 bits per heavy atom. The summed E-state index contributed by atoms with van der Waals surface area (Å²) in [4.78, 5) is 29.7. The molecule has 1 aromatic heterocycles. The summed E-state index contributed by atoms with van der Waals surface area (Å²) in [6.45, 7) is 0. The van der Waals surface area contributed by atoms with Crippen LogP contribution in [0.15, 0.2) is 54.7 Å². The van der Waals surface area contributed by atoms with Gasteiger partial charge in [-0.3, -0.25) is 4.79 Å². The minimum Gasteiger partial charge on any atom is -0.485 e. The summed E-state index contributed by atoms with van der Waals surface area (Å²) >= 11 is 1.14. The number of fused-ring (bicyclic) bond motifs is 1. The number of nitrogens with one attached hydrogen (secondary N) is 1. The molecule has 1 unspecified atom stereocenters. The maximum absolute atomic E-state index is 12.8. The van der Waals surface area contributed by atoms with Crippen molar-refractivity contribution in [2.75, 3.05) is 7.11 Å². The van der Waals surface area contributed by atoms with E-state index in [2.05, 4.69) is 22.4 Å². The Morgan fingerprint density at radius 2 is 1.94 bits per heavy atom. The molecule has 1 fully saturated rings. The number of ether oxygens (including phenoxy) is 3. The Hall–Kier alpha value is -3.39. The van der Waals surface area contributed by atoms with Gasteiger partial charge >= 0.3 is 5.97 Å². The molecule has 0 radical (unpaired) electrons. The molecule has 1 atom stereocenters. The van der Waals surface area contributed by atoms with Gasteiger partial charge < -0.3 is 19.5 Å². The van der Waals surface area contributed by atoms with Crippen molar-refractivity contribution < 1.29 is 23.8 Å². The summed E-state index contributed by atoms with van der Waals surface area (Å²) in [6, 6.07) is 15.9. The van der Waals surface area contributed by atoms with Crippen LogP contribution in [0.3, 0.4) is 0 Å². The van der Waals surface area contributed by atoms with Gasteiger partial charge in [-0.15, -0.1) is 0 Å². The number of hydrogen-bond donors (Lipinski definition) is 1. The highest BCUT2D eigenvalue weighted by Gasteiger charge is 2.44. The van der Waals surface area contributed by atoms with Gasteiger partial charge in [0.2, 0.25) is 0 Å². The molecule has 2 aromatic carbocycles. The molecule has 1 saturated carbocycles. The van der Waals surface area contributed by atoms with Crippen molar-refractivity contribution in [3.8, 4) is 16.7 Å². The molecule has 3 aromatic rings. The predicted molar refractivity (Wildman–Crippen MR) is 127 cm³/mol. The van der Waals surface area contributed by atoms with Crippen molar-refractivity contribution in [3.05, 3.63) is 70.7 Å². The van der Waals surface area contributed by atoms with Crippen LogP contribution in [0.2, 0.25) is 0 Å². The van der Waals surface area contributed by atoms with Crippen LogP contribution >= 0.6 is 11.3 Å². The predicted octanol–water partition coefficient (Wildman–Crippen LogP) is 5.22. The molecule has 176 valence electrons. The normalized spacial score (nSPS) is 18.4. The highest BCUT2D eigenvalue weighted by molar-refractivity contribution is 7.15. The van der Waals surface area contributed by atoms with Crippen molar-refractivity contribution in [3.63, 3.8) is 0 Å². The third-order valence-corrected chi connectivity index (χ3v) is 7.32. The van der Waals surface area contributed by atoms with E-state index in [9.17, 15) is 9.59 Å². The van der Waals surface area contributed by atoms with Crippen LogP contribution in [-0.2, 0) is 16.0 Å². The molecule has 2 aliphatic rings. The van der Waals surface area contributed by atoms with Gasteiger partial charge in [-0.1, -0.05) is 54.5 Å². The Bertz CT molecular complexity index is 1190. The van der Waals surface area contributed by atoms with E-state index < -0.39 is 11.5 Å². The number of thiazole rings is 1. The zero-order valence-corrected chi connectivity index (χ0v) is 19.7. The fourth-order valence-corrected chi connectivity index (χ4v) is 5.36. The van der Waals surface area contributed by atoms with Crippen LogP contribution in [0.5, 0.6) is 16.7 Å². The van der Waals surface area contributed by atoms with Gasteiger partial charge in [0.15, 0.2) is 0 Å². The molecule has 1 aliphatic heterocycles. The number of aromatic nitrogens is 1. The Morgan fingerprint density at radius 1 is 1.15 bits per heavy atom. The maximum Gasteiger partial charge on any atom is 0.331 e. The minimum atomic E-state index is -0.951. The van der Waals surface area contributed by atoms with E-state index >= 15 is 0 Å². The largest absolute Gasteiger partial charge is 0.485 e. The molecule has 1 aliphatic carbocycles. The van der Waals surface area contributed by atoms with E-state index in [0.717, 1.165) is 48.3 Å². The molecule has 1 N–H and O–H groups in total. The molecule has 8 heteroatoms. The van der Waals surface area contributed by atoms with E-state index in [0.29, 0.717) is 28.7 Å². The Balaban J connectivity index is 1.25. The summed E-state index contributed by atoms with van der Waals surface area (Å²) in [7, 11) is 1.35. The second kappa shape index (κ2) is 9.46. The number of esters is 1. The monoisotopic (exact) mass is 478 g/mol. The van der Waals surface area contributed by atoms with Crippen LogP contribution in [0.25, 0.3) is 0 Å². The fourth-order valence-electron chi connectivity index (χ4n) is 4.67. The summed E-state index contributed by atoms with van der Waals surface area (Å²) < 4.78 is 17.1. The first-order valence-corrected chi connectivity index (χ1v) is 12.3. The molecule has 0 spiro atoms. The molecule has 0 bridgehead atoms. The van der Waals surface area contributed by atoms with Gasteiger partial charge in [-0.05, 0) is 55.0 Å². The van der Waals surface area contributed by atoms with Crippen molar-refractivity contribution >= 4 is 23.2 Å². The van der Waals surface area contributed by atoms with Crippen LogP contribution in [0.1, 0.15) is 59.0 Å². The molecule has 5 rings (SSSR count). The third-order valence-electron chi connectivity index (χ3n) is 6.45. The lowest BCUT2D eigenvalue weighted by Crippen LogP contribution is -2.53. The van der Waals surface area contributed by atoms with Crippen LogP contribution < -0.4 is 14.8 Å². The fraction of sp³-hybridized carbons (Fsp3) is 0.346. The summed E-state index contributed by atoms with van der Waals surface area (Å²) in [5.74, 6) is 0.760. The van der Waals surface area contributed by atoms with E-state index in [-0.39, 0.29) is 12.0 Å². The average molecular weight is 479 g/mol. The smallest absolute Gasteiger partial charge is 0.331 e. The molecule has 0 saturated heterocycles. The number of carbonyl (C=O) groups excluding carboxylic acids is 2. The lowest BCUT2D eigenvalue weighted by Gasteiger charge is -2.26. The number of benzene rings is 2. The van der Waals surface area contributed by atoms with Gasteiger partial charge in [-0.2, -0.15) is 0 Å². The molecule has 1 amide bonds. The number of rotatable bonds is 6. The molecule has 7 nitrogen and oxygen atoms in total. The number of aryl methyl sites for hydroxylation is 1. The third kappa shape index (κ3) is 4.50. The number of amides is 1. The number of nitrogens with zero attached hydrogens (tertiary/aromatic N) is 1. The van der Waals surface area contributed by atoms with E-state index in [1.54, 1.807) is 0 Å². The van der Waals surface area contributed by atoms with Gasteiger partial charge in [0.25, 0.3) is 11.1 Å². The van der Waals surface area contributed by atoms with Crippen LogP contribution in [0.4, 0.5) is 0 Å². The first-order valence-electron chi connectivity index (χ1n) is 11.5. The lowest BCUT2D eigenvalue weighted by atomic mass is 9.97.